The van der Waals surface area contributed by atoms with Gasteiger partial charge in [-0.3, -0.25) is 9.78 Å². The molecule has 4 heterocycles. The highest BCUT2D eigenvalue weighted by molar-refractivity contribution is 5.97. The Kier molecular flexibility index (Phi) is 5.74. The lowest BCUT2D eigenvalue weighted by Crippen LogP contribution is -2.47. The van der Waals surface area contributed by atoms with Crippen LogP contribution >= 0.6 is 0 Å². The van der Waals surface area contributed by atoms with Gasteiger partial charge in [-0.2, -0.15) is 0 Å². The second kappa shape index (κ2) is 9.03. The molecule has 2 aromatic carbocycles. The van der Waals surface area contributed by atoms with Crippen molar-refractivity contribution in [3.63, 3.8) is 0 Å². The van der Waals surface area contributed by atoms with Gasteiger partial charge in [-0.05, 0) is 73.6 Å². The lowest BCUT2D eigenvalue weighted by Gasteiger charge is -2.40. The largest absolute Gasteiger partial charge is 0.378 e. The van der Waals surface area contributed by atoms with Gasteiger partial charge >= 0.3 is 0 Å². The summed E-state index contributed by atoms with van der Waals surface area (Å²) in [4.78, 5) is 22.9. The van der Waals surface area contributed by atoms with Crippen LogP contribution in [-0.4, -0.2) is 54.2 Å². The normalized spacial score (nSPS) is 24.6. The van der Waals surface area contributed by atoms with Gasteiger partial charge in [0.15, 0.2) is 0 Å². The molecule has 5 heteroatoms. The molecule has 3 aliphatic rings. The van der Waals surface area contributed by atoms with Crippen LogP contribution in [0.15, 0.2) is 54.9 Å². The Balaban J connectivity index is 1.20. The number of morpholine rings is 1. The SMILES string of the molecule is Cc1c(C(=O)N2C3CCC2CC(Cc2cncc4ccccc24)C3)cccc1N1CCOCC1. The standard InChI is InChI=1S/C29H33N3O2/c1-20-26(7-4-8-28(20)31-11-13-34-14-12-31)29(33)32-24-9-10-25(32)17-21(16-24)15-23-19-30-18-22-5-2-3-6-27(22)23/h2-8,18-19,21,24-25H,9-17H2,1H3. The highest BCUT2D eigenvalue weighted by atomic mass is 16.5. The van der Waals surface area contributed by atoms with E-state index in [1.165, 1.54) is 22.0 Å². The maximum absolute atomic E-state index is 13.8. The smallest absolute Gasteiger partial charge is 0.254 e. The summed E-state index contributed by atoms with van der Waals surface area (Å²) in [6, 6.07) is 15.5. The summed E-state index contributed by atoms with van der Waals surface area (Å²) in [5, 5.41) is 2.53. The number of nitrogens with zero attached hydrogens (tertiary/aromatic N) is 3. The van der Waals surface area contributed by atoms with E-state index in [-0.39, 0.29) is 5.91 Å². The maximum atomic E-state index is 13.8. The first kappa shape index (κ1) is 21.6. The number of anilines is 1. The van der Waals surface area contributed by atoms with E-state index in [2.05, 4.69) is 52.0 Å². The molecule has 1 amide bonds. The van der Waals surface area contributed by atoms with Gasteiger partial charge < -0.3 is 14.5 Å². The lowest BCUT2D eigenvalue weighted by molar-refractivity contribution is 0.0524. The molecule has 0 spiro atoms. The predicted octanol–water partition coefficient (Wildman–Crippen LogP) is 5.01. The van der Waals surface area contributed by atoms with Gasteiger partial charge in [0.05, 0.1) is 13.2 Å². The van der Waals surface area contributed by atoms with Crippen molar-refractivity contribution in [2.45, 2.75) is 51.1 Å². The second-order valence-corrected chi connectivity index (χ2v) is 10.2. The molecule has 0 aliphatic carbocycles. The van der Waals surface area contributed by atoms with Crippen molar-refractivity contribution in [1.82, 2.24) is 9.88 Å². The van der Waals surface area contributed by atoms with Crippen LogP contribution in [0.2, 0.25) is 0 Å². The van der Waals surface area contributed by atoms with Crippen LogP contribution in [0.3, 0.4) is 0 Å². The van der Waals surface area contributed by atoms with E-state index in [4.69, 9.17) is 4.74 Å². The number of benzene rings is 2. The first-order valence-electron chi connectivity index (χ1n) is 12.8. The third kappa shape index (κ3) is 3.86. The molecule has 3 aliphatic heterocycles. The van der Waals surface area contributed by atoms with Crippen LogP contribution in [-0.2, 0) is 11.2 Å². The molecule has 1 aromatic heterocycles. The zero-order valence-electron chi connectivity index (χ0n) is 20.0. The summed E-state index contributed by atoms with van der Waals surface area (Å²) >= 11 is 0. The highest BCUT2D eigenvalue weighted by Gasteiger charge is 2.43. The van der Waals surface area contributed by atoms with E-state index in [9.17, 15) is 4.79 Å². The van der Waals surface area contributed by atoms with Crippen molar-refractivity contribution in [1.29, 1.82) is 0 Å². The van der Waals surface area contributed by atoms with Gasteiger partial charge in [-0.1, -0.05) is 30.3 Å². The molecule has 2 atom stereocenters. The van der Waals surface area contributed by atoms with Crippen LogP contribution in [0.5, 0.6) is 0 Å². The van der Waals surface area contributed by atoms with Gasteiger partial charge in [0.2, 0.25) is 0 Å². The van der Waals surface area contributed by atoms with Crippen LogP contribution in [0, 0.1) is 12.8 Å². The molecule has 3 fully saturated rings. The quantitative estimate of drug-likeness (QED) is 0.555. The Labute approximate surface area is 201 Å². The number of piperidine rings is 1. The molecule has 2 bridgehead atoms. The third-order valence-corrected chi connectivity index (χ3v) is 8.21. The van der Waals surface area contributed by atoms with Crippen molar-refractivity contribution < 1.29 is 9.53 Å². The fourth-order valence-corrected chi connectivity index (χ4v) is 6.58. The molecule has 34 heavy (non-hydrogen) atoms. The Morgan fingerprint density at radius 3 is 2.56 bits per heavy atom. The fraction of sp³-hybridized carbons (Fsp3) is 0.448. The molecule has 0 N–H and O–H groups in total. The summed E-state index contributed by atoms with van der Waals surface area (Å²) in [6.07, 6.45) is 9.49. The third-order valence-electron chi connectivity index (χ3n) is 8.21. The van der Waals surface area contributed by atoms with Gasteiger partial charge in [0.25, 0.3) is 5.91 Å². The van der Waals surface area contributed by atoms with Crippen molar-refractivity contribution in [3.05, 3.63) is 71.5 Å². The molecule has 2 unspecified atom stereocenters. The van der Waals surface area contributed by atoms with Gasteiger partial charge in [-0.15, -0.1) is 0 Å². The first-order chi connectivity index (χ1) is 16.7. The number of hydrogen-bond donors (Lipinski definition) is 0. The monoisotopic (exact) mass is 455 g/mol. The predicted molar refractivity (Wildman–Crippen MR) is 135 cm³/mol. The zero-order chi connectivity index (χ0) is 23.1. The van der Waals surface area contributed by atoms with E-state index in [1.807, 2.05) is 24.5 Å². The average Bonchev–Trinajstić information content (AvgIpc) is 3.14. The fourth-order valence-electron chi connectivity index (χ4n) is 6.58. The Morgan fingerprint density at radius 2 is 1.76 bits per heavy atom. The minimum Gasteiger partial charge on any atom is -0.378 e. The number of ether oxygens (including phenoxy) is 1. The van der Waals surface area contributed by atoms with E-state index >= 15 is 0 Å². The van der Waals surface area contributed by atoms with E-state index in [0.717, 1.165) is 69.5 Å². The van der Waals surface area contributed by atoms with Crippen molar-refractivity contribution in [2.24, 2.45) is 5.92 Å². The Bertz CT molecular complexity index is 1180. The number of fused-ring (bicyclic) bond motifs is 3. The summed E-state index contributed by atoms with van der Waals surface area (Å²) in [5.41, 5.74) is 4.51. The summed E-state index contributed by atoms with van der Waals surface area (Å²) in [6.45, 7) is 5.39. The Morgan fingerprint density at radius 1 is 1.00 bits per heavy atom. The number of carbonyl (C=O) groups is 1. The van der Waals surface area contributed by atoms with Gasteiger partial charge in [0, 0.05) is 54.2 Å². The van der Waals surface area contributed by atoms with E-state index in [0.29, 0.717) is 18.0 Å². The van der Waals surface area contributed by atoms with Gasteiger partial charge in [0.1, 0.15) is 0 Å². The summed E-state index contributed by atoms with van der Waals surface area (Å²) in [7, 11) is 0. The molecular weight excluding hydrogens is 422 g/mol. The molecule has 3 saturated heterocycles. The number of amides is 1. The number of hydrogen-bond acceptors (Lipinski definition) is 4. The molecular formula is C29H33N3O2. The topological polar surface area (TPSA) is 45.7 Å². The molecule has 0 saturated carbocycles. The van der Waals surface area contributed by atoms with Crippen LogP contribution in [0.25, 0.3) is 10.8 Å². The number of carbonyl (C=O) groups excluding carboxylic acids is 1. The molecule has 5 nitrogen and oxygen atoms in total. The highest BCUT2D eigenvalue weighted by Crippen LogP contribution is 2.41. The second-order valence-electron chi connectivity index (χ2n) is 10.2. The summed E-state index contributed by atoms with van der Waals surface area (Å²) < 4.78 is 5.53. The zero-order valence-corrected chi connectivity index (χ0v) is 20.0. The number of aromatic nitrogens is 1. The van der Waals surface area contributed by atoms with Crippen molar-refractivity contribution >= 4 is 22.4 Å². The molecule has 3 aromatic rings. The van der Waals surface area contributed by atoms with E-state index in [1.54, 1.807) is 0 Å². The van der Waals surface area contributed by atoms with Gasteiger partial charge in [-0.25, -0.2) is 0 Å². The molecule has 0 radical (unpaired) electrons. The average molecular weight is 456 g/mol. The number of pyridine rings is 1. The lowest BCUT2D eigenvalue weighted by atomic mass is 9.84. The van der Waals surface area contributed by atoms with Crippen molar-refractivity contribution in [3.8, 4) is 0 Å². The van der Waals surface area contributed by atoms with Crippen LogP contribution in [0.1, 0.15) is 47.2 Å². The van der Waals surface area contributed by atoms with E-state index < -0.39 is 0 Å². The first-order valence-corrected chi connectivity index (χ1v) is 12.8. The minimum atomic E-state index is 0.227. The maximum Gasteiger partial charge on any atom is 0.254 e. The molecule has 176 valence electrons. The van der Waals surface area contributed by atoms with Crippen LogP contribution in [0.4, 0.5) is 5.69 Å². The van der Waals surface area contributed by atoms with Crippen LogP contribution < -0.4 is 4.90 Å². The summed E-state index contributed by atoms with van der Waals surface area (Å²) in [5.74, 6) is 0.834. The van der Waals surface area contributed by atoms with Crippen molar-refractivity contribution in [2.75, 3.05) is 31.2 Å². The minimum absolute atomic E-state index is 0.227. The Hall–Kier alpha value is -2.92. The molecule has 6 rings (SSSR count). The number of rotatable bonds is 4.